The van der Waals surface area contributed by atoms with E-state index in [2.05, 4.69) is 0 Å². The smallest absolute Gasteiger partial charge is 0.460 e. The molecule has 0 amide bonds. The van der Waals surface area contributed by atoms with E-state index >= 15 is 0 Å². The molecule has 4 aliphatic carbocycles. The summed E-state index contributed by atoms with van der Waals surface area (Å²) in [4.78, 5) is 12.4. The van der Waals surface area contributed by atoms with Crippen LogP contribution in [0.4, 0.5) is 30.7 Å². The maximum Gasteiger partial charge on any atom is 0.460 e. The number of aliphatic hydroxyl groups is 1. The van der Waals surface area contributed by atoms with Crippen molar-refractivity contribution in [1.82, 2.24) is 0 Å². The van der Waals surface area contributed by atoms with Crippen molar-refractivity contribution in [3.05, 3.63) is 11.3 Å². The standard InChI is InChI=1S/C15H13F7O2/c16-13(17,14(18,19)15(20,21)22)12(24)10-8-4-1-2-5-6(4)3-7(8)9(5)11(10)23/h4-9,24H,1-3H2/b12-10-. The number of hydrogen-bond acceptors (Lipinski definition) is 2. The van der Waals surface area contributed by atoms with Gasteiger partial charge in [-0.25, -0.2) is 0 Å². The topological polar surface area (TPSA) is 37.3 Å². The van der Waals surface area contributed by atoms with Gasteiger partial charge in [-0.2, -0.15) is 30.7 Å². The van der Waals surface area contributed by atoms with E-state index in [0.29, 0.717) is 12.8 Å². The molecule has 6 atom stereocenters. The molecule has 0 aromatic rings. The van der Waals surface area contributed by atoms with Crippen molar-refractivity contribution < 1.29 is 40.6 Å². The molecule has 4 rings (SSSR count). The van der Waals surface area contributed by atoms with E-state index in [9.17, 15) is 40.6 Å². The second-order valence-electron chi connectivity index (χ2n) is 7.29. The van der Waals surface area contributed by atoms with E-state index in [1.165, 1.54) is 0 Å². The molecule has 0 aromatic carbocycles. The van der Waals surface area contributed by atoms with Gasteiger partial charge in [-0.05, 0) is 48.9 Å². The van der Waals surface area contributed by atoms with Gasteiger partial charge < -0.3 is 5.11 Å². The second kappa shape index (κ2) is 4.27. The predicted molar refractivity (Wildman–Crippen MR) is 65.4 cm³/mol. The number of aliphatic hydroxyl groups excluding tert-OH is 1. The maximum atomic E-state index is 13.8. The van der Waals surface area contributed by atoms with Gasteiger partial charge in [0.15, 0.2) is 11.5 Å². The number of carbonyl (C=O) groups excluding carboxylic acids is 1. The lowest BCUT2D eigenvalue weighted by Gasteiger charge is -2.29. The number of Topliss-reactive ketones (excluding diaryl/α,β-unsaturated/α-hetero) is 1. The second-order valence-corrected chi connectivity index (χ2v) is 7.29. The lowest BCUT2D eigenvalue weighted by Crippen LogP contribution is -2.53. The Kier molecular flexibility index (Phi) is 2.88. The van der Waals surface area contributed by atoms with Crippen LogP contribution >= 0.6 is 0 Å². The fraction of sp³-hybridized carbons (Fsp3) is 0.800. The Bertz CT molecular complexity index is 651. The number of carbonyl (C=O) groups is 1. The number of allylic oxidation sites excluding steroid dienone is 2. The van der Waals surface area contributed by atoms with Gasteiger partial charge in [-0.1, -0.05) is 0 Å². The average molecular weight is 358 g/mol. The minimum Gasteiger partial charge on any atom is -0.506 e. The van der Waals surface area contributed by atoms with Gasteiger partial charge in [0, 0.05) is 11.5 Å². The fourth-order valence-corrected chi connectivity index (χ4v) is 5.77. The van der Waals surface area contributed by atoms with Gasteiger partial charge in [0.05, 0.1) is 0 Å². The van der Waals surface area contributed by atoms with Crippen molar-refractivity contribution in [1.29, 1.82) is 0 Å². The van der Waals surface area contributed by atoms with Crippen LogP contribution in [-0.4, -0.2) is 28.9 Å². The van der Waals surface area contributed by atoms with Crippen LogP contribution in [0.5, 0.6) is 0 Å². The van der Waals surface area contributed by atoms with E-state index in [1.807, 2.05) is 0 Å². The summed E-state index contributed by atoms with van der Waals surface area (Å²) in [5.41, 5.74) is -0.881. The lowest BCUT2D eigenvalue weighted by molar-refractivity contribution is -0.349. The summed E-state index contributed by atoms with van der Waals surface area (Å²) in [5, 5.41) is 9.69. The summed E-state index contributed by atoms with van der Waals surface area (Å²) < 4.78 is 91.0. The summed E-state index contributed by atoms with van der Waals surface area (Å²) in [5.74, 6) is -17.4. The Balaban J connectivity index is 1.81. The van der Waals surface area contributed by atoms with Crippen LogP contribution in [0, 0.1) is 35.5 Å². The molecule has 4 aliphatic rings. The summed E-state index contributed by atoms with van der Waals surface area (Å²) in [6, 6.07) is 0. The molecule has 2 nitrogen and oxygen atoms in total. The highest BCUT2D eigenvalue weighted by molar-refractivity contribution is 6.02. The van der Waals surface area contributed by atoms with E-state index in [4.69, 9.17) is 0 Å². The Morgan fingerprint density at radius 1 is 0.875 bits per heavy atom. The quantitative estimate of drug-likeness (QED) is 0.458. The molecular formula is C15H13F7O2. The van der Waals surface area contributed by atoms with Crippen LogP contribution in [0.2, 0.25) is 0 Å². The highest BCUT2D eigenvalue weighted by atomic mass is 19.4. The van der Waals surface area contributed by atoms with E-state index in [1.54, 1.807) is 0 Å². The molecule has 0 aromatic heterocycles. The third-order valence-electron chi connectivity index (χ3n) is 6.53. The number of ketones is 1. The van der Waals surface area contributed by atoms with Crippen molar-refractivity contribution in [2.75, 3.05) is 0 Å². The molecule has 134 valence electrons. The van der Waals surface area contributed by atoms with E-state index in [-0.39, 0.29) is 23.7 Å². The van der Waals surface area contributed by atoms with Gasteiger partial charge in [-0.15, -0.1) is 0 Å². The fourth-order valence-electron chi connectivity index (χ4n) is 5.77. The zero-order valence-electron chi connectivity index (χ0n) is 12.1. The first-order chi connectivity index (χ1) is 10.9. The number of rotatable bonds is 2. The molecule has 24 heavy (non-hydrogen) atoms. The molecule has 0 aliphatic heterocycles. The van der Waals surface area contributed by atoms with Gasteiger partial charge in [0.2, 0.25) is 0 Å². The molecule has 4 saturated carbocycles. The van der Waals surface area contributed by atoms with Gasteiger partial charge in [0.1, 0.15) is 0 Å². The van der Waals surface area contributed by atoms with E-state index < -0.39 is 47.0 Å². The normalized spacial score (nSPS) is 43.0. The zero-order valence-corrected chi connectivity index (χ0v) is 12.1. The predicted octanol–water partition coefficient (Wildman–Crippen LogP) is 4.12. The molecule has 0 heterocycles. The molecule has 6 unspecified atom stereocenters. The van der Waals surface area contributed by atoms with Crippen molar-refractivity contribution in [3.8, 4) is 0 Å². The monoisotopic (exact) mass is 358 g/mol. The van der Waals surface area contributed by atoms with Gasteiger partial charge in [0.25, 0.3) is 0 Å². The first-order valence-corrected chi connectivity index (χ1v) is 7.71. The average Bonchev–Trinajstić information content (AvgIpc) is 3.08. The molecule has 0 saturated heterocycles. The number of hydrogen-bond donors (Lipinski definition) is 1. The highest BCUT2D eigenvalue weighted by Gasteiger charge is 2.77. The molecule has 2 bridgehead atoms. The number of fused-ring (bicyclic) bond motifs is 2. The molecule has 0 radical (unpaired) electrons. The summed E-state index contributed by atoms with van der Waals surface area (Å²) in [7, 11) is 0. The van der Waals surface area contributed by atoms with Crippen LogP contribution in [0.1, 0.15) is 19.3 Å². The SMILES string of the molecule is O=C1/C(=C(\O)C(F)(F)C(F)(F)C(F)(F)F)C2C3CCC4C3CC2C14. The third-order valence-corrected chi connectivity index (χ3v) is 6.53. The van der Waals surface area contributed by atoms with Gasteiger partial charge >= 0.3 is 18.0 Å². The first-order valence-electron chi connectivity index (χ1n) is 7.71. The first kappa shape index (κ1) is 16.2. The van der Waals surface area contributed by atoms with Crippen LogP contribution < -0.4 is 0 Å². The number of halogens is 7. The van der Waals surface area contributed by atoms with E-state index in [0.717, 1.165) is 6.42 Å². The maximum absolute atomic E-state index is 13.8. The number of alkyl halides is 7. The van der Waals surface area contributed by atoms with Crippen LogP contribution in [0.3, 0.4) is 0 Å². The van der Waals surface area contributed by atoms with Crippen molar-refractivity contribution in [3.63, 3.8) is 0 Å². The highest BCUT2D eigenvalue weighted by Crippen LogP contribution is 2.71. The Labute approximate surface area is 131 Å². The lowest BCUT2D eigenvalue weighted by atomic mass is 9.79. The van der Waals surface area contributed by atoms with Crippen molar-refractivity contribution >= 4 is 5.78 Å². The van der Waals surface area contributed by atoms with Crippen molar-refractivity contribution in [2.24, 2.45) is 35.5 Å². The Morgan fingerprint density at radius 3 is 1.96 bits per heavy atom. The molecule has 1 N–H and O–H groups in total. The van der Waals surface area contributed by atoms with Crippen LogP contribution in [0.15, 0.2) is 11.3 Å². The summed E-state index contributed by atoms with van der Waals surface area (Å²) in [6.45, 7) is 0. The van der Waals surface area contributed by atoms with Crippen LogP contribution in [0.25, 0.3) is 0 Å². The largest absolute Gasteiger partial charge is 0.506 e. The third kappa shape index (κ3) is 1.57. The zero-order chi connectivity index (χ0) is 17.8. The Hall–Kier alpha value is -1.28. The Morgan fingerprint density at radius 2 is 1.42 bits per heavy atom. The minimum absolute atomic E-state index is 0.0224. The minimum atomic E-state index is -6.54. The van der Waals surface area contributed by atoms with Crippen molar-refractivity contribution in [2.45, 2.75) is 37.3 Å². The van der Waals surface area contributed by atoms with Crippen LogP contribution in [-0.2, 0) is 4.79 Å². The molecule has 4 fully saturated rings. The van der Waals surface area contributed by atoms with Gasteiger partial charge in [-0.3, -0.25) is 4.79 Å². The summed E-state index contributed by atoms with van der Waals surface area (Å²) in [6.07, 6.45) is -4.59. The summed E-state index contributed by atoms with van der Waals surface area (Å²) >= 11 is 0. The molecule has 0 spiro atoms. The molecule has 9 heteroatoms. The molecular weight excluding hydrogens is 345 g/mol.